The molecule has 342 valence electrons. The average Bonchev–Trinajstić information content (AvgIpc) is 3.50. The van der Waals surface area contributed by atoms with Crippen LogP contribution >= 0.6 is 0 Å². The molecule has 2 saturated heterocycles. The molecule has 2 fully saturated rings. The van der Waals surface area contributed by atoms with Crippen LogP contribution in [0.15, 0.2) is 60.8 Å². The van der Waals surface area contributed by atoms with E-state index in [0.29, 0.717) is 35.5 Å². The lowest BCUT2D eigenvalue weighted by atomic mass is 9.94. The quantitative estimate of drug-likeness (QED) is 0.112. The smallest absolute Gasteiger partial charge is 0.422 e. The van der Waals surface area contributed by atoms with Crippen molar-refractivity contribution in [2.45, 2.75) is 83.7 Å². The van der Waals surface area contributed by atoms with E-state index in [1.165, 1.54) is 21.1 Å². The van der Waals surface area contributed by atoms with E-state index >= 15 is 17.6 Å². The van der Waals surface area contributed by atoms with Crippen molar-refractivity contribution >= 4 is 28.5 Å². The van der Waals surface area contributed by atoms with Crippen LogP contribution in [0.2, 0.25) is 0 Å². The summed E-state index contributed by atoms with van der Waals surface area (Å²) in [6.07, 6.45) is -8.11. The van der Waals surface area contributed by atoms with Crippen molar-refractivity contribution in [3.8, 4) is 34.5 Å². The van der Waals surface area contributed by atoms with E-state index < -0.39 is 65.1 Å². The van der Waals surface area contributed by atoms with Crippen molar-refractivity contribution in [1.29, 1.82) is 0 Å². The van der Waals surface area contributed by atoms with E-state index in [2.05, 4.69) is 15.0 Å². The van der Waals surface area contributed by atoms with Gasteiger partial charge in [0.15, 0.2) is 18.2 Å². The zero-order valence-electron chi connectivity index (χ0n) is 36.2. The van der Waals surface area contributed by atoms with Gasteiger partial charge in [0.05, 0.1) is 55.6 Å². The number of piperazine rings is 1. The predicted octanol–water partition coefficient (Wildman–Crippen LogP) is 9.92. The summed E-state index contributed by atoms with van der Waals surface area (Å²) in [4.78, 5) is 31.2. The molecule has 3 aromatic carbocycles. The van der Waals surface area contributed by atoms with Crippen LogP contribution in [-0.2, 0) is 24.0 Å². The molecule has 12 nitrogen and oxygen atoms in total. The zero-order valence-corrected chi connectivity index (χ0v) is 36.2. The van der Waals surface area contributed by atoms with Gasteiger partial charge >= 0.3 is 24.5 Å². The minimum absolute atomic E-state index is 0.0341. The molecule has 0 unspecified atom stereocenters. The van der Waals surface area contributed by atoms with Gasteiger partial charge < -0.3 is 33.5 Å². The van der Waals surface area contributed by atoms with Gasteiger partial charge in [0.2, 0.25) is 0 Å². The molecule has 4 heterocycles. The summed E-state index contributed by atoms with van der Waals surface area (Å²) in [5, 5.41) is 0.0764. The fourth-order valence-corrected chi connectivity index (χ4v) is 8.26. The van der Waals surface area contributed by atoms with Crippen LogP contribution in [0.5, 0.6) is 23.3 Å². The van der Waals surface area contributed by atoms with Crippen molar-refractivity contribution < 1.29 is 59.2 Å². The highest BCUT2D eigenvalue weighted by Crippen LogP contribution is 2.48. The third-order valence-electron chi connectivity index (χ3n) is 11.0. The molecule has 2 aromatic heterocycles. The number of hydrogen-bond acceptors (Lipinski definition) is 11. The van der Waals surface area contributed by atoms with Crippen LogP contribution in [-0.4, -0.2) is 90.8 Å². The summed E-state index contributed by atoms with van der Waals surface area (Å²) in [6, 6.07) is 13.4. The van der Waals surface area contributed by atoms with Gasteiger partial charge in [-0.15, -0.1) is 0 Å². The summed E-state index contributed by atoms with van der Waals surface area (Å²) >= 11 is 0. The lowest BCUT2D eigenvalue weighted by molar-refractivity contribution is -0.154. The van der Waals surface area contributed by atoms with Crippen molar-refractivity contribution in [1.82, 2.24) is 19.9 Å². The van der Waals surface area contributed by atoms with E-state index in [-0.39, 0.29) is 66.2 Å². The van der Waals surface area contributed by atoms with Gasteiger partial charge in [-0.3, -0.25) is 9.88 Å². The first-order valence-electron chi connectivity index (χ1n) is 20.3. The van der Waals surface area contributed by atoms with E-state index in [4.69, 9.17) is 23.7 Å². The normalized spacial score (nSPS) is 16.5. The number of aromatic nitrogens is 3. The summed E-state index contributed by atoms with van der Waals surface area (Å²) in [6.45, 7) is 5.06. The Bertz CT molecular complexity index is 2430. The third-order valence-corrected chi connectivity index (χ3v) is 11.0. The standard InChI is InChI=1S/C45H47F7N6O6/c1-25-18-33(56(20-26-8-14-30(60-5)15-9-26)21-27-10-16-31(61-6)17-11-27)36(46)34(35(25)45(50,51)52)38-39(62-7)37-32(19-53-38)40(55-41(54-37)63-24-44(47,48)49)57-22-28-12-13-29(23-57)58(28)42(59)64-43(2,3)4/h8-11,14-19,28-29H,12-13,20-24H2,1-7H3/t28-,29+. The number of ether oxygens (including phenoxy) is 5. The molecule has 2 bridgehead atoms. The summed E-state index contributed by atoms with van der Waals surface area (Å²) < 4.78 is 131. The van der Waals surface area contributed by atoms with Gasteiger partial charge in [0.1, 0.15) is 34.1 Å². The van der Waals surface area contributed by atoms with Crippen LogP contribution in [0.1, 0.15) is 55.9 Å². The number of hydrogen-bond donors (Lipinski definition) is 0. The number of rotatable bonds is 12. The lowest BCUT2D eigenvalue weighted by Gasteiger charge is -2.42. The molecular weight excluding hydrogens is 854 g/mol. The predicted molar refractivity (Wildman–Crippen MR) is 224 cm³/mol. The van der Waals surface area contributed by atoms with Crippen LogP contribution in [0.3, 0.4) is 0 Å². The number of methoxy groups -OCH3 is 3. The largest absolute Gasteiger partial charge is 0.497 e. The second-order valence-corrected chi connectivity index (χ2v) is 16.6. The monoisotopic (exact) mass is 900 g/mol. The van der Waals surface area contributed by atoms with Gasteiger partial charge in [-0.2, -0.15) is 36.3 Å². The third kappa shape index (κ3) is 9.77. The van der Waals surface area contributed by atoms with Crippen LogP contribution in [0.4, 0.5) is 47.0 Å². The minimum Gasteiger partial charge on any atom is -0.497 e. The Morgan fingerprint density at radius 1 is 0.828 bits per heavy atom. The maximum atomic E-state index is 17.6. The molecule has 2 atom stereocenters. The average molecular weight is 901 g/mol. The number of carbonyl (C=O) groups is 1. The number of halogens is 7. The van der Waals surface area contributed by atoms with E-state index in [1.807, 2.05) is 0 Å². The van der Waals surface area contributed by atoms with Crippen LogP contribution < -0.4 is 28.7 Å². The topological polar surface area (TPSA) is 112 Å². The number of pyridine rings is 1. The molecule has 19 heteroatoms. The van der Waals surface area contributed by atoms with Gasteiger partial charge in [-0.25, -0.2) is 9.18 Å². The van der Waals surface area contributed by atoms with Crippen molar-refractivity contribution in [2.75, 3.05) is 50.8 Å². The molecule has 0 N–H and O–H groups in total. The zero-order chi connectivity index (χ0) is 46.3. The molecule has 0 saturated carbocycles. The number of alkyl halides is 6. The van der Waals surface area contributed by atoms with Gasteiger partial charge in [-0.05, 0) is 87.6 Å². The number of amides is 1. The molecule has 7 rings (SSSR count). The number of benzene rings is 3. The number of nitrogens with zero attached hydrogens (tertiary/aromatic N) is 6. The molecule has 0 radical (unpaired) electrons. The first-order chi connectivity index (χ1) is 30.2. The van der Waals surface area contributed by atoms with E-state index in [9.17, 15) is 18.0 Å². The first-order valence-corrected chi connectivity index (χ1v) is 20.3. The number of aryl methyl sites for hydroxylation is 1. The summed E-state index contributed by atoms with van der Waals surface area (Å²) in [5.41, 5.74) is -3.13. The first kappa shape index (κ1) is 45.7. The second-order valence-electron chi connectivity index (χ2n) is 16.6. The highest BCUT2D eigenvalue weighted by Gasteiger charge is 2.46. The van der Waals surface area contributed by atoms with Crippen molar-refractivity contribution in [3.63, 3.8) is 0 Å². The van der Waals surface area contributed by atoms with Crippen molar-refractivity contribution in [2.24, 2.45) is 0 Å². The molecular formula is C45H47F7N6O6. The second kappa shape index (κ2) is 17.7. The highest BCUT2D eigenvalue weighted by atomic mass is 19.4. The van der Waals surface area contributed by atoms with Crippen LogP contribution in [0, 0.1) is 12.7 Å². The molecule has 1 amide bonds. The fraction of sp³-hybridized carbons (Fsp3) is 0.422. The van der Waals surface area contributed by atoms with E-state index in [0.717, 1.165) is 19.4 Å². The number of fused-ring (bicyclic) bond motifs is 3. The SMILES string of the molecule is COc1ccc(CN(Cc2ccc(OC)cc2)c2cc(C)c(C(F)(F)F)c(-c3ncc4c(N5C[C@H]6CC[C@@H](C5)N6C(=O)OC(C)(C)C)nc(OCC(F)(F)F)nc4c3OC)c2F)cc1. The Balaban J connectivity index is 1.39. The van der Waals surface area contributed by atoms with E-state index in [1.54, 1.807) is 84.0 Å². The van der Waals surface area contributed by atoms with Crippen molar-refractivity contribution in [3.05, 3.63) is 88.9 Å². The van der Waals surface area contributed by atoms with Crippen LogP contribution in [0.25, 0.3) is 22.2 Å². The summed E-state index contributed by atoms with van der Waals surface area (Å²) in [5.74, 6) is -0.595. The summed E-state index contributed by atoms with van der Waals surface area (Å²) in [7, 11) is 4.12. The van der Waals surface area contributed by atoms with Gasteiger partial charge in [-0.1, -0.05) is 24.3 Å². The highest BCUT2D eigenvalue weighted by molar-refractivity contribution is 5.98. The maximum absolute atomic E-state index is 17.6. The number of anilines is 2. The Kier molecular flexibility index (Phi) is 12.7. The molecule has 2 aliphatic heterocycles. The maximum Gasteiger partial charge on any atom is 0.422 e. The Morgan fingerprint density at radius 3 is 1.88 bits per heavy atom. The molecule has 64 heavy (non-hydrogen) atoms. The van der Waals surface area contributed by atoms with Gasteiger partial charge in [0, 0.05) is 32.4 Å². The molecule has 0 aliphatic carbocycles. The molecule has 2 aliphatic rings. The minimum atomic E-state index is -5.12. The Labute approximate surface area is 364 Å². The Hall–Kier alpha value is -6.27. The molecule has 5 aromatic rings. The Morgan fingerprint density at radius 2 is 1.39 bits per heavy atom. The van der Waals surface area contributed by atoms with Gasteiger partial charge in [0.25, 0.3) is 0 Å². The number of carbonyl (C=O) groups excluding carboxylic acids is 1. The lowest BCUT2D eigenvalue weighted by Crippen LogP contribution is -2.57. The fourth-order valence-electron chi connectivity index (χ4n) is 8.26. The molecule has 0 spiro atoms.